The molecule has 0 aliphatic heterocycles. The van der Waals surface area contributed by atoms with Gasteiger partial charge in [-0.25, -0.2) is 4.98 Å². The standard InChI is InChI=1S/C13H8ClN3/c14-13-8-16-7-12(17-13)11-6-15-5-9-3-1-2-4-10(9)11/h1-8H. The minimum Gasteiger partial charge on any atom is -0.263 e. The Kier molecular flexibility index (Phi) is 2.46. The first-order valence-electron chi connectivity index (χ1n) is 5.15. The van der Waals surface area contributed by atoms with Crippen molar-refractivity contribution in [2.45, 2.75) is 0 Å². The van der Waals surface area contributed by atoms with Crippen LogP contribution in [0.4, 0.5) is 0 Å². The highest BCUT2D eigenvalue weighted by Gasteiger charge is 2.05. The molecule has 0 amide bonds. The highest BCUT2D eigenvalue weighted by molar-refractivity contribution is 6.29. The lowest BCUT2D eigenvalue weighted by Crippen LogP contribution is -1.88. The van der Waals surface area contributed by atoms with Crippen molar-refractivity contribution in [3.63, 3.8) is 0 Å². The van der Waals surface area contributed by atoms with E-state index in [1.165, 1.54) is 6.20 Å². The van der Waals surface area contributed by atoms with Crippen molar-refractivity contribution in [1.29, 1.82) is 0 Å². The van der Waals surface area contributed by atoms with Crippen molar-refractivity contribution in [3.05, 3.63) is 54.2 Å². The molecule has 82 valence electrons. The van der Waals surface area contributed by atoms with Gasteiger partial charge in [-0.2, -0.15) is 0 Å². The van der Waals surface area contributed by atoms with E-state index in [1.807, 2.05) is 30.5 Å². The predicted octanol–water partition coefficient (Wildman–Crippen LogP) is 3.35. The lowest BCUT2D eigenvalue weighted by atomic mass is 10.1. The maximum atomic E-state index is 5.85. The van der Waals surface area contributed by atoms with Crippen molar-refractivity contribution < 1.29 is 0 Å². The molecular weight excluding hydrogens is 234 g/mol. The van der Waals surface area contributed by atoms with Crippen LogP contribution in [0.2, 0.25) is 5.15 Å². The summed E-state index contributed by atoms with van der Waals surface area (Å²) in [5.74, 6) is 0. The number of aromatic nitrogens is 3. The van der Waals surface area contributed by atoms with Gasteiger partial charge in [0.1, 0.15) is 5.15 Å². The normalized spacial score (nSPS) is 10.6. The first-order valence-corrected chi connectivity index (χ1v) is 5.53. The number of fused-ring (bicyclic) bond motifs is 1. The third-order valence-corrected chi connectivity index (χ3v) is 2.73. The fraction of sp³-hybridized carbons (Fsp3) is 0. The fourth-order valence-corrected chi connectivity index (χ4v) is 1.94. The summed E-state index contributed by atoms with van der Waals surface area (Å²) in [4.78, 5) is 12.5. The molecule has 0 bridgehead atoms. The molecule has 2 heterocycles. The van der Waals surface area contributed by atoms with Crippen LogP contribution in [-0.4, -0.2) is 15.0 Å². The van der Waals surface area contributed by atoms with Gasteiger partial charge < -0.3 is 0 Å². The van der Waals surface area contributed by atoms with E-state index in [0.717, 1.165) is 22.0 Å². The van der Waals surface area contributed by atoms with Crippen molar-refractivity contribution in [1.82, 2.24) is 15.0 Å². The minimum atomic E-state index is 0.385. The second-order valence-corrected chi connectivity index (χ2v) is 4.02. The van der Waals surface area contributed by atoms with Crippen LogP contribution < -0.4 is 0 Å². The molecule has 0 atom stereocenters. The quantitative estimate of drug-likeness (QED) is 0.656. The van der Waals surface area contributed by atoms with Gasteiger partial charge in [0.25, 0.3) is 0 Å². The van der Waals surface area contributed by atoms with Crippen LogP contribution in [0, 0.1) is 0 Å². The topological polar surface area (TPSA) is 38.7 Å². The van der Waals surface area contributed by atoms with Gasteiger partial charge in [-0.05, 0) is 5.39 Å². The molecule has 1 aromatic carbocycles. The third kappa shape index (κ3) is 1.85. The molecule has 0 aliphatic carbocycles. The summed E-state index contributed by atoms with van der Waals surface area (Å²) in [6.07, 6.45) is 6.82. The molecule has 17 heavy (non-hydrogen) atoms. The van der Waals surface area contributed by atoms with E-state index in [0.29, 0.717) is 5.15 Å². The van der Waals surface area contributed by atoms with Crippen molar-refractivity contribution >= 4 is 22.4 Å². The fourth-order valence-electron chi connectivity index (χ4n) is 1.79. The number of rotatable bonds is 1. The average Bonchev–Trinajstić information content (AvgIpc) is 2.38. The van der Waals surface area contributed by atoms with Crippen LogP contribution >= 0.6 is 11.6 Å². The van der Waals surface area contributed by atoms with Gasteiger partial charge in [-0.15, -0.1) is 0 Å². The zero-order valence-electron chi connectivity index (χ0n) is 8.84. The van der Waals surface area contributed by atoms with Crippen LogP contribution in [0.5, 0.6) is 0 Å². The number of hydrogen-bond acceptors (Lipinski definition) is 3. The summed E-state index contributed by atoms with van der Waals surface area (Å²) in [6.45, 7) is 0. The summed E-state index contributed by atoms with van der Waals surface area (Å²) >= 11 is 5.85. The smallest absolute Gasteiger partial charge is 0.148 e. The Hall–Kier alpha value is -2.00. The Bertz CT molecular complexity index is 677. The number of pyridine rings is 1. The average molecular weight is 242 g/mol. The van der Waals surface area contributed by atoms with Crippen molar-refractivity contribution in [2.75, 3.05) is 0 Å². The molecular formula is C13H8ClN3. The lowest BCUT2D eigenvalue weighted by molar-refractivity contribution is 1.20. The molecule has 0 spiro atoms. The molecule has 0 aliphatic rings. The predicted molar refractivity (Wildman–Crippen MR) is 67.8 cm³/mol. The zero-order chi connectivity index (χ0) is 11.7. The van der Waals surface area contributed by atoms with E-state index in [-0.39, 0.29) is 0 Å². The Balaban J connectivity index is 2.30. The molecule has 0 fully saturated rings. The first kappa shape index (κ1) is 10.2. The summed E-state index contributed by atoms with van der Waals surface area (Å²) in [7, 11) is 0. The van der Waals surface area contributed by atoms with E-state index in [1.54, 1.807) is 12.4 Å². The maximum Gasteiger partial charge on any atom is 0.148 e. The SMILES string of the molecule is Clc1cncc(-c2cncc3ccccc23)n1. The van der Waals surface area contributed by atoms with Gasteiger partial charge in [-0.3, -0.25) is 9.97 Å². The molecule has 3 aromatic rings. The molecule has 0 saturated heterocycles. The van der Waals surface area contributed by atoms with Gasteiger partial charge in [0.15, 0.2) is 0 Å². The second kappa shape index (κ2) is 4.11. The van der Waals surface area contributed by atoms with Crippen LogP contribution in [0.3, 0.4) is 0 Å². The number of hydrogen-bond donors (Lipinski definition) is 0. The molecule has 0 N–H and O–H groups in total. The van der Waals surface area contributed by atoms with Gasteiger partial charge in [0.2, 0.25) is 0 Å². The summed E-state index contributed by atoms with van der Waals surface area (Å²) in [5, 5.41) is 2.56. The molecule has 3 nitrogen and oxygen atoms in total. The highest BCUT2D eigenvalue weighted by atomic mass is 35.5. The van der Waals surface area contributed by atoms with E-state index < -0.39 is 0 Å². The number of benzene rings is 1. The summed E-state index contributed by atoms with van der Waals surface area (Å²) < 4.78 is 0. The van der Waals surface area contributed by atoms with Crippen LogP contribution in [0.15, 0.2) is 49.1 Å². The van der Waals surface area contributed by atoms with Crippen molar-refractivity contribution in [3.8, 4) is 11.3 Å². The molecule has 3 rings (SSSR count). The van der Waals surface area contributed by atoms with Gasteiger partial charge >= 0.3 is 0 Å². The molecule has 2 aromatic heterocycles. The second-order valence-electron chi connectivity index (χ2n) is 3.64. The number of halogens is 1. The monoisotopic (exact) mass is 241 g/mol. The third-order valence-electron chi connectivity index (χ3n) is 2.55. The van der Waals surface area contributed by atoms with E-state index in [4.69, 9.17) is 11.6 Å². The Morgan fingerprint density at radius 3 is 2.59 bits per heavy atom. The Morgan fingerprint density at radius 1 is 0.882 bits per heavy atom. The van der Waals surface area contributed by atoms with Crippen LogP contribution in [-0.2, 0) is 0 Å². The lowest BCUT2D eigenvalue weighted by Gasteiger charge is -2.04. The molecule has 0 radical (unpaired) electrons. The Morgan fingerprint density at radius 2 is 1.71 bits per heavy atom. The van der Waals surface area contributed by atoms with Crippen LogP contribution in [0.25, 0.3) is 22.0 Å². The van der Waals surface area contributed by atoms with E-state index in [2.05, 4.69) is 15.0 Å². The molecule has 4 heteroatoms. The Labute approximate surface area is 103 Å². The summed E-state index contributed by atoms with van der Waals surface area (Å²) in [5.41, 5.74) is 1.68. The highest BCUT2D eigenvalue weighted by Crippen LogP contribution is 2.26. The minimum absolute atomic E-state index is 0.385. The van der Waals surface area contributed by atoms with Crippen LogP contribution in [0.1, 0.15) is 0 Å². The van der Waals surface area contributed by atoms with E-state index >= 15 is 0 Å². The van der Waals surface area contributed by atoms with Gasteiger partial charge in [0.05, 0.1) is 18.1 Å². The molecule has 0 unspecified atom stereocenters. The molecule has 0 saturated carbocycles. The van der Waals surface area contributed by atoms with Gasteiger partial charge in [0, 0.05) is 23.3 Å². The largest absolute Gasteiger partial charge is 0.263 e. The van der Waals surface area contributed by atoms with Crippen molar-refractivity contribution in [2.24, 2.45) is 0 Å². The zero-order valence-corrected chi connectivity index (χ0v) is 9.59. The van der Waals surface area contributed by atoms with Gasteiger partial charge in [-0.1, -0.05) is 35.9 Å². The summed E-state index contributed by atoms with van der Waals surface area (Å²) in [6, 6.07) is 8.03. The first-order chi connectivity index (χ1) is 8.34. The number of nitrogens with zero attached hydrogens (tertiary/aromatic N) is 3. The van der Waals surface area contributed by atoms with E-state index in [9.17, 15) is 0 Å². The maximum absolute atomic E-state index is 5.85.